The van der Waals surface area contributed by atoms with E-state index in [1.54, 1.807) is 19.4 Å². The van der Waals surface area contributed by atoms with Gasteiger partial charge in [-0.2, -0.15) is 0 Å². The molecule has 0 unspecified atom stereocenters. The van der Waals surface area contributed by atoms with Crippen molar-refractivity contribution in [3.8, 4) is 5.75 Å². The van der Waals surface area contributed by atoms with Crippen molar-refractivity contribution in [1.82, 2.24) is 0 Å². The first-order chi connectivity index (χ1) is 10.2. The SMILES string of the molecule is C=C(/C=C\OC)COCCOCCOc1ccc(C)cc1. The zero-order chi connectivity index (χ0) is 15.3. The number of hydrogen-bond donors (Lipinski definition) is 0. The van der Waals surface area contributed by atoms with E-state index in [9.17, 15) is 0 Å². The van der Waals surface area contributed by atoms with Crippen molar-refractivity contribution in [1.29, 1.82) is 0 Å². The number of methoxy groups -OCH3 is 1. The van der Waals surface area contributed by atoms with Crippen molar-refractivity contribution in [2.24, 2.45) is 0 Å². The minimum absolute atomic E-state index is 0.475. The Bertz CT molecular complexity index is 423. The third-order valence-electron chi connectivity index (χ3n) is 2.62. The Labute approximate surface area is 127 Å². The Morgan fingerprint density at radius 3 is 2.43 bits per heavy atom. The highest BCUT2D eigenvalue weighted by Gasteiger charge is 1.95. The summed E-state index contributed by atoms with van der Waals surface area (Å²) in [5, 5.41) is 0. The summed E-state index contributed by atoms with van der Waals surface area (Å²) < 4.78 is 21.2. The maximum absolute atomic E-state index is 5.55. The number of benzene rings is 1. The summed E-state index contributed by atoms with van der Waals surface area (Å²) in [5.74, 6) is 0.863. The van der Waals surface area contributed by atoms with E-state index in [1.165, 1.54) is 5.56 Å². The zero-order valence-corrected chi connectivity index (χ0v) is 12.8. The molecule has 1 aromatic carbocycles. The molecule has 1 aromatic rings. The summed E-state index contributed by atoms with van der Waals surface area (Å²) >= 11 is 0. The van der Waals surface area contributed by atoms with Gasteiger partial charge in [-0.3, -0.25) is 0 Å². The Morgan fingerprint density at radius 1 is 1.05 bits per heavy atom. The van der Waals surface area contributed by atoms with Crippen LogP contribution in [-0.4, -0.2) is 40.1 Å². The molecule has 1 rings (SSSR count). The van der Waals surface area contributed by atoms with Gasteiger partial charge in [-0.15, -0.1) is 0 Å². The van der Waals surface area contributed by atoms with Gasteiger partial charge in [0.05, 0.1) is 39.8 Å². The molecule has 21 heavy (non-hydrogen) atoms. The first-order valence-electron chi connectivity index (χ1n) is 6.94. The smallest absolute Gasteiger partial charge is 0.119 e. The van der Waals surface area contributed by atoms with E-state index in [1.807, 2.05) is 31.2 Å². The highest BCUT2D eigenvalue weighted by molar-refractivity contribution is 5.26. The van der Waals surface area contributed by atoms with E-state index in [0.29, 0.717) is 33.0 Å². The van der Waals surface area contributed by atoms with Gasteiger partial charge < -0.3 is 18.9 Å². The summed E-state index contributed by atoms with van der Waals surface area (Å²) in [6.07, 6.45) is 3.35. The predicted octanol–water partition coefficient (Wildman–Crippen LogP) is 3.12. The van der Waals surface area contributed by atoms with Gasteiger partial charge in [-0.1, -0.05) is 24.3 Å². The second-order valence-electron chi connectivity index (χ2n) is 4.52. The molecule has 4 nitrogen and oxygen atoms in total. The van der Waals surface area contributed by atoms with Crippen LogP contribution in [0.3, 0.4) is 0 Å². The van der Waals surface area contributed by atoms with Crippen molar-refractivity contribution < 1.29 is 18.9 Å². The summed E-state index contributed by atoms with van der Waals surface area (Å²) in [6.45, 7) is 8.50. The number of rotatable bonds is 11. The number of hydrogen-bond acceptors (Lipinski definition) is 4. The van der Waals surface area contributed by atoms with Crippen LogP contribution in [-0.2, 0) is 14.2 Å². The van der Waals surface area contributed by atoms with Crippen LogP contribution in [0.4, 0.5) is 0 Å². The largest absolute Gasteiger partial charge is 0.504 e. The minimum Gasteiger partial charge on any atom is -0.504 e. The fourth-order valence-corrected chi connectivity index (χ4v) is 1.49. The summed E-state index contributed by atoms with van der Waals surface area (Å²) in [7, 11) is 1.59. The molecule has 0 bridgehead atoms. The van der Waals surface area contributed by atoms with Crippen LogP contribution < -0.4 is 4.74 Å². The molecule has 0 aromatic heterocycles. The van der Waals surface area contributed by atoms with Crippen LogP contribution in [0.2, 0.25) is 0 Å². The maximum atomic E-state index is 5.55. The van der Waals surface area contributed by atoms with Crippen molar-refractivity contribution in [2.45, 2.75) is 6.92 Å². The van der Waals surface area contributed by atoms with E-state index < -0.39 is 0 Å². The van der Waals surface area contributed by atoms with E-state index in [4.69, 9.17) is 18.9 Å². The zero-order valence-electron chi connectivity index (χ0n) is 12.8. The summed E-state index contributed by atoms with van der Waals surface area (Å²) in [4.78, 5) is 0. The summed E-state index contributed by atoms with van der Waals surface area (Å²) in [6, 6.07) is 7.96. The molecule has 0 atom stereocenters. The lowest BCUT2D eigenvalue weighted by Crippen LogP contribution is -2.11. The minimum atomic E-state index is 0.475. The van der Waals surface area contributed by atoms with Crippen LogP contribution in [0.5, 0.6) is 5.75 Å². The molecule has 0 saturated carbocycles. The van der Waals surface area contributed by atoms with Crippen LogP contribution >= 0.6 is 0 Å². The van der Waals surface area contributed by atoms with Crippen molar-refractivity contribution in [2.75, 3.05) is 40.1 Å². The van der Waals surface area contributed by atoms with E-state index >= 15 is 0 Å². The van der Waals surface area contributed by atoms with E-state index in [0.717, 1.165) is 11.3 Å². The fourth-order valence-electron chi connectivity index (χ4n) is 1.49. The highest BCUT2D eigenvalue weighted by atomic mass is 16.5. The van der Waals surface area contributed by atoms with Gasteiger partial charge in [-0.25, -0.2) is 0 Å². The molecule has 0 saturated heterocycles. The first-order valence-corrected chi connectivity index (χ1v) is 6.94. The van der Waals surface area contributed by atoms with Crippen LogP contribution in [0.25, 0.3) is 0 Å². The molecular weight excluding hydrogens is 268 g/mol. The van der Waals surface area contributed by atoms with Gasteiger partial charge in [0.15, 0.2) is 0 Å². The van der Waals surface area contributed by atoms with Crippen LogP contribution in [0, 0.1) is 6.92 Å². The molecule has 0 aliphatic rings. The Morgan fingerprint density at radius 2 is 1.71 bits per heavy atom. The third kappa shape index (κ3) is 8.89. The lowest BCUT2D eigenvalue weighted by molar-refractivity contribution is 0.0437. The van der Waals surface area contributed by atoms with Gasteiger partial charge >= 0.3 is 0 Å². The normalized spacial score (nSPS) is 10.8. The monoisotopic (exact) mass is 292 g/mol. The molecule has 0 amide bonds. The molecule has 0 radical (unpaired) electrons. The van der Waals surface area contributed by atoms with Crippen LogP contribution in [0.1, 0.15) is 5.56 Å². The molecule has 0 spiro atoms. The Hall–Kier alpha value is -1.78. The van der Waals surface area contributed by atoms with Gasteiger partial charge in [0.2, 0.25) is 0 Å². The van der Waals surface area contributed by atoms with Gasteiger partial charge in [0, 0.05) is 0 Å². The Balaban J connectivity index is 1.94. The number of ether oxygens (including phenoxy) is 4. The molecule has 0 fully saturated rings. The predicted molar refractivity (Wildman–Crippen MR) is 83.6 cm³/mol. The van der Waals surface area contributed by atoms with Gasteiger partial charge in [0.1, 0.15) is 12.4 Å². The van der Waals surface area contributed by atoms with Gasteiger partial charge in [-0.05, 0) is 30.7 Å². The average molecular weight is 292 g/mol. The molecule has 0 aliphatic heterocycles. The Kier molecular flexibility index (Phi) is 9.00. The van der Waals surface area contributed by atoms with E-state index in [2.05, 4.69) is 6.58 Å². The highest BCUT2D eigenvalue weighted by Crippen LogP contribution is 2.10. The molecule has 116 valence electrons. The van der Waals surface area contributed by atoms with Crippen molar-refractivity contribution >= 4 is 0 Å². The molecule has 4 heteroatoms. The quantitative estimate of drug-likeness (QED) is 0.357. The fraction of sp³-hybridized carbons (Fsp3) is 0.412. The van der Waals surface area contributed by atoms with Gasteiger partial charge in [0.25, 0.3) is 0 Å². The van der Waals surface area contributed by atoms with Crippen molar-refractivity contribution in [3.63, 3.8) is 0 Å². The lowest BCUT2D eigenvalue weighted by Gasteiger charge is -2.08. The third-order valence-corrected chi connectivity index (χ3v) is 2.62. The molecule has 0 heterocycles. The molecule has 0 N–H and O–H groups in total. The van der Waals surface area contributed by atoms with Crippen LogP contribution in [0.15, 0.2) is 48.8 Å². The second kappa shape index (κ2) is 10.9. The van der Waals surface area contributed by atoms with Crippen molar-refractivity contribution in [3.05, 3.63) is 54.3 Å². The van der Waals surface area contributed by atoms with E-state index in [-0.39, 0.29) is 0 Å². The molecule has 0 aliphatic carbocycles. The molecular formula is C17H24O4. The average Bonchev–Trinajstić information content (AvgIpc) is 2.49. The topological polar surface area (TPSA) is 36.9 Å². The maximum Gasteiger partial charge on any atom is 0.119 e. The summed E-state index contributed by atoms with van der Waals surface area (Å²) in [5.41, 5.74) is 2.08. The lowest BCUT2D eigenvalue weighted by atomic mass is 10.2. The standard InChI is InChI=1S/C17H24O4/c1-15-4-6-17(7-5-15)21-13-12-19-10-11-20-14-16(2)8-9-18-3/h4-9H,2,10-14H2,1,3H3/b9-8-. The number of aryl methyl sites for hydroxylation is 1. The first kappa shape index (κ1) is 17.3. The second-order valence-corrected chi connectivity index (χ2v) is 4.52.